The van der Waals surface area contributed by atoms with E-state index < -0.39 is 34.3 Å². The Morgan fingerprint density at radius 3 is 2.53 bits per heavy atom. The molecule has 0 radical (unpaired) electrons. The molecule has 5 rings (SSSR count). The number of hydrogen-bond donors (Lipinski definition) is 1. The highest BCUT2D eigenvalue weighted by Crippen LogP contribution is 2.35. The molecule has 1 fully saturated rings. The van der Waals surface area contributed by atoms with E-state index in [1.54, 1.807) is 55.7 Å². The Kier molecular flexibility index (Phi) is 9.07. The number of carbonyl (C=O) groups is 1. The maximum absolute atomic E-state index is 14.7. The number of amides is 1. The predicted molar refractivity (Wildman–Crippen MR) is 170 cm³/mol. The largest absolute Gasteiger partial charge is 0.496 e. The third-order valence-corrected chi connectivity index (χ3v) is 9.92. The maximum atomic E-state index is 14.7. The van der Waals surface area contributed by atoms with E-state index in [0.717, 1.165) is 17.4 Å². The second-order valence-electron chi connectivity index (χ2n) is 12.3. The molecule has 1 aromatic carbocycles. The van der Waals surface area contributed by atoms with Gasteiger partial charge in [0, 0.05) is 36.6 Å². The van der Waals surface area contributed by atoms with Crippen LogP contribution in [0.4, 0.5) is 4.39 Å². The van der Waals surface area contributed by atoms with Crippen molar-refractivity contribution in [3.63, 3.8) is 0 Å². The van der Waals surface area contributed by atoms with Gasteiger partial charge < -0.3 is 19.5 Å². The Hall–Kier alpha value is -3.81. The highest BCUT2D eigenvalue weighted by Gasteiger charge is 2.39. The number of halogens is 1. The average Bonchev–Trinajstić information content (AvgIpc) is 3.78. The van der Waals surface area contributed by atoms with E-state index in [1.807, 2.05) is 6.92 Å². The standard InChI is InChI=1S/C32H40FN5O6S/c1-7-32(5,42)19-44-24(22-17-21(33)11-12-23(22)43-6)18-36-28-25(20(2)27(45-28)37-16-10-13-34-37)26(39)38(30(36)41)31(3,4)29(40)35-14-8-9-15-35/h10-13,16-17,24,42H,7-9,14-15,18-19H2,1-6H3/t24-,32-/m0/s1. The van der Waals surface area contributed by atoms with E-state index >= 15 is 0 Å². The third kappa shape index (κ3) is 6.08. The van der Waals surface area contributed by atoms with E-state index in [2.05, 4.69) is 5.10 Å². The molecule has 13 heteroatoms. The van der Waals surface area contributed by atoms with Gasteiger partial charge in [-0.25, -0.2) is 18.4 Å². The number of hydrogen-bond acceptors (Lipinski definition) is 8. The Morgan fingerprint density at radius 2 is 1.91 bits per heavy atom. The second kappa shape index (κ2) is 12.5. The number of aryl methyl sites for hydroxylation is 1. The number of methoxy groups -OCH3 is 1. The summed E-state index contributed by atoms with van der Waals surface area (Å²) in [7, 11) is 1.45. The van der Waals surface area contributed by atoms with Crippen LogP contribution >= 0.6 is 11.3 Å². The number of aromatic nitrogens is 4. The SMILES string of the molecule is CC[C@](C)(O)CO[C@@H](Cn1c(=O)n(C(C)(C)C(=O)N2CCCC2)c(=O)c2c(C)c(-n3cccn3)sc21)c1cc(F)ccc1OC. The summed E-state index contributed by atoms with van der Waals surface area (Å²) < 4.78 is 30.5. The molecule has 242 valence electrons. The first-order valence-corrected chi connectivity index (χ1v) is 15.9. The molecule has 0 aliphatic carbocycles. The van der Waals surface area contributed by atoms with Crippen molar-refractivity contribution >= 4 is 27.5 Å². The van der Waals surface area contributed by atoms with Crippen LogP contribution in [0.2, 0.25) is 0 Å². The Bertz CT molecular complexity index is 1820. The molecule has 1 amide bonds. The van der Waals surface area contributed by atoms with E-state index in [0.29, 0.717) is 46.2 Å². The molecular weight excluding hydrogens is 601 g/mol. The fourth-order valence-electron chi connectivity index (χ4n) is 5.74. The smallest absolute Gasteiger partial charge is 0.333 e. The van der Waals surface area contributed by atoms with Crippen molar-refractivity contribution < 1.29 is 23.8 Å². The Balaban J connectivity index is 1.76. The lowest BCUT2D eigenvalue weighted by molar-refractivity contribution is -0.138. The van der Waals surface area contributed by atoms with Gasteiger partial charge in [-0.1, -0.05) is 18.3 Å². The molecule has 0 unspecified atom stereocenters. The minimum absolute atomic E-state index is 0.119. The van der Waals surface area contributed by atoms with Crippen molar-refractivity contribution in [3.8, 4) is 10.8 Å². The van der Waals surface area contributed by atoms with Crippen molar-refractivity contribution in [1.82, 2.24) is 23.8 Å². The number of benzene rings is 1. The summed E-state index contributed by atoms with van der Waals surface area (Å²) in [6, 6.07) is 5.77. The third-order valence-electron chi connectivity index (χ3n) is 8.62. The lowest BCUT2D eigenvalue weighted by Gasteiger charge is -2.31. The second-order valence-corrected chi connectivity index (χ2v) is 13.3. The minimum Gasteiger partial charge on any atom is -0.496 e. The molecule has 1 saturated heterocycles. The summed E-state index contributed by atoms with van der Waals surface area (Å²) in [6.45, 7) is 9.23. The number of fused-ring (bicyclic) bond motifs is 1. The summed E-state index contributed by atoms with van der Waals surface area (Å²) in [5.74, 6) is -0.516. The molecule has 4 heterocycles. The molecule has 45 heavy (non-hydrogen) atoms. The molecule has 2 atom stereocenters. The molecule has 3 aromatic heterocycles. The molecule has 0 saturated carbocycles. The van der Waals surface area contributed by atoms with Gasteiger partial charge in [-0.05, 0) is 71.2 Å². The average molecular weight is 642 g/mol. The topological polar surface area (TPSA) is 121 Å². The summed E-state index contributed by atoms with van der Waals surface area (Å²) >= 11 is 1.21. The molecule has 11 nitrogen and oxygen atoms in total. The molecule has 1 N–H and O–H groups in total. The van der Waals surface area contributed by atoms with E-state index in [1.165, 1.54) is 41.2 Å². The van der Waals surface area contributed by atoms with Crippen LogP contribution in [0.5, 0.6) is 5.75 Å². The van der Waals surface area contributed by atoms with Crippen LogP contribution in [0.3, 0.4) is 0 Å². The zero-order valence-corrected chi connectivity index (χ0v) is 27.3. The molecule has 0 bridgehead atoms. The van der Waals surface area contributed by atoms with Crippen molar-refractivity contribution in [3.05, 3.63) is 74.4 Å². The monoisotopic (exact) mass is 641 g/mol. The fourth-order valence-corrected chi connectivity index (χ4v) is 6.99. The number of thiophene rings is 1. The molecule has 1 aliphatic heterocycles. The van der Waals surface area contributed by atoms with Gasteiger partial charge in [0.1, 0.15) is 33.0 Å². The van der Waals surface area contributed by atoms with Crippen LogP contribution in [-0.2, 0) is 21.6 Å². The first kappa shape index (κ1) is 32.6. The van der Waals surface area contributed by atoms with Crippen molar-refractivity contribution in [1.29, 1.82) is 0 Å². The number of rotatable bonds is 11. The van der Waals surface area contributed by atoms with Crippen LogP contribution in [-0.4, -0.2) is 67.2 Å². The van der Waals surface area contributed by atoms with Crippen molar-refractivity contribution in [2.45, 2.75) is 77.7 Å². The predicted octanol–water partition coefficient (Wildman–Crippen LogP) is 4.14. The molecular formula is C32H40FN5O6S. The van der Waals surface area contributed by atoms with Gasteiger partial charge >= 0.3 is 5.69 Å². The molecule has 0 spiro atoms. The maximum Gasteiger partial charge on any atom is 0.333 e. The van der Waals surface area contributed by atoms with Gasteiger partial charge in [0.2, 0.25) is 5.91 Å². The zero-order valence-electron chi connectivity index (χ0n) is 26.5. The zero-order chi connectivity index (χ0) is 32.7. The quantitative estimate of drug-likeness (QED) is 0.261. The first-order chi connectivity index (χ1) is 21.3. The van der Waals surface area contributed by atoms with Crippen LogP contribution in [0, 0.1) is 12.7 Å². The Labute approximate surface area is 264 Å². The Morgan fingerprint density at radius 1 is 1.20 bits per heavy atom. The molecule has 1 aliphatic rings. The highest BCUT2D eigenvalue weighted by molar-refractivity contribution is 7.21. The minimum atomic E-state index is -1.51. The summed E-state index contributed by atoms with van der Waals surface area (Å²) in [5, 5.41) is 16.0. The van der Waals surface area contributed by atoms with Crippen LogP contribution in [0.1, 0.15) is 64.2 Å². The van der Waals surface area contributed by atoms with Gasteiger partial charge in [0.05, 0.1) is 31.2 Å². The van der Waals surface area contributed by atoms with E-state index in [9.17, 15) is 23.9 Å². The summed E-state index contributed by atoms with van der Waals surface area (Å²) in [6.07, 6.45) is 4.48. The lowest BCUT2D eigenvalue weighted by atomic mass is 10.0. The van der Waals surface area contributed by atoms with Gasteiger partial charge in [-0.15, -0.1) is 0 Å². The van der Waals surface area contributed by atoms with Crippen molar-refractivity contribution in [2.75, 3.05) is 26.8 Å². The number of aliphatic hydroxyl groups is 1. The van der Waals surface area contributed by atoms with E-state index in [-0.39, 0.29) is 24.4 Å². The fraction of sp³-hybridized carbons (Fsp3) is 0.500. The number of carbonyl (C=O) groups excluding carboxylic acids is 1. The summed E-state index contributed by atoms with van der Waals surface area (Å²) in [4.78, 5) is 44.7. The van der Waals surface area contributed by atoms with Gasteiger partial charge in [-0.2, -0.15) is 5.10 Å². The number of likely N-dealkylation sites (tertiary alicyclic amines) is 1. The van der Waals surface area contributed by atoms with Crippen molar-refractivity contribution in [2.24, 2.45) is 0 Å². The highest BCUT2D eigenvalue weighted by atomic mass is 32.1. The first-order valence-electron chi connectivity index (χ1n) is 15.1. The van der Waals surface area contributed by atoms with Crippen LogP contribution < -0.4 is 16.0 Å². The van der Waals surface area contributed by atoms with Gasteiger partial charge in [-0.3, -0.25) is 14.2 Å². The van der Waals surface area contributed by atoms with Crippen LogP contribution in [0.25, 0.3) is 15.2 Å². The van der Waals surface area contributed by atoms with Gasteiger partial charge in [0.25, 0.3) is 5.56 Å². The van der Waals surface area contributed by atoms with Gasteiger partial charge in [0.15, 0.2) is 0 Å². The normalized spacial score (nSPS) is 15.9. The molecule has 4 aromatic rings. The summed E-state index contributed by atoms with van der Waals surface area (Å²) in [5.41, 5.74) is -3.06. The lowest BCUT2D eigenvalue weighted by Crippen LogP contribution is -2.56. The number of nitrogens with zero attached hydrogens (tertiary/aromatic N) is 5. The van der Waals surface area contributed by atoms with Crippen LogP contribution in [0.15, 0.2) is 46.2 Å². The van der Waals surface area contributed by atoms with E-state index in [4.69, 9.17) is 9.47 Å². The number of ether oxygens (including phenoxy) is 2.